The van der Waals surface area contributed by atoms with Crippen molar-refractivity contribution in [3.05, 3.63) is 24.0 Å². The second kappa shape index (κ2) is 7.81. The van der Waals surface area contributed by atoms with E-state index >= 15 is 0 Å². The van der Waals surface area contributed by atoms with E-state index in [1.165, 1.54) is 0 Å². The number of carbonyl (C=O) groups is 1. The van der Waals surface area contributed by atoms with Crippen LogP contribution in [0.2, 0.25) is 0 Å². The molecule has 4 nitrogen and oxygen atoms in total. The molecule has 1 amide bonds. The highest BCUT2D eigenvalue weighted by atomic mass is 35.5. The predicted octanol–water partition coefficient (Wildman–Crippen LogP) is 3.08. The number of nitrogens with one attached hydrogen (secondary N) is 1. The fourth-order valence-corrected chi connectivity index (χ4v) is 2.64. The molecule has 114 valence electrons. The largest absolute Gasteiger partial charge is 0.326 e. The molecular formula is C14H23Cl2N3O. The number of carbonyl (C=O) groups excluding carboxylic acids is 1. The number of nitrogens with two attached hydrogens (primary N) is 1. The molecule has 1 aliphatic carbocycles. The van der Waals surface area contributed by atoms with E-state index in [-0.39, 0.29) is 42.2 Å². The molecule has 1 aromatic heterocycles. The number of aromatic nitrogens is 1. The van der Waals surface area contributed by atoms with Gasteiger partial charge in [-0.2, -0.15) is 0 Å². The Balaban J connectivity index is 0.00000180. The number of rotatable bonds is 2. The number of anilines is 1. The lowest BCUT2D eigenvalue weighted by Gasteiger charge is -2.37. The number of aryl methyl sites for hydroxylation is 1. The Bertz CT molecular complexity index is 452. The first-order valence-electron chi connectivity index (χ1n) is 6.51. The molecule has 2 atom stereocenters. The average molecular weight is 320 g/mol. The average Bonchev–Trinajstić information content (AvgIpc) is 2.28. The van der Waals surface area contributed by atoms with Crippen molar-refractivity contribution in [2.75, 3.05) is 5.32 Å². The van der Waals surface area contributed by atoms with Crippen LogP contribution in [0.15, 0.2) is 18.3 Å². The minimum atomic E-state index is -0.385. The maximum atomic E-state index is 12.3. The van der Waals surface area contributed by atoms with E-state index in [0.29, 0.717) is 0 Å². The van der Waals surface area contributed by atoms with Crippen molar-refractivity contribution < 1.29 is 4.79 Å². The number of hydrogen-bond acceptors (Lipinski definition) is 3. The molecule has 1 fully saturated rings. The second-order valence-electron chi connectivity index (χ2n) is 5.48. The molecule has 1 aromatic rings. The third-order valence-corrected chi connectivity index (χ3v) is 3.73. The maximum Gasteiger partial charge on any atom is 0.229 e. The first-order chi connectivity index (χ1) is 8.49. The molecular weight excluding hydrogens is 297 g/mol. The van der Waals surface area contributed by atoms with Crippen LogP contribution in [0.3, 0.4) is 0 Å². The maximum absolute atomic E-state index is 12.3. The van der Waals surface area contributed by atoms with Crippen LogP contribution in [-0.2, 0) is 4.79 Å². The highest BCUT2D eigenvalue weighted by molar-refractivity contribution is 5.93. The molecule has 1 aliphatic rings. The number of hydrogen-bond donors (Lipinski definition) is 2. The van der Waals surface area contributed by atoms with Gasteiger partial charge in [0.1, 0.15) is 0 Å². The summed E-state index contributed by atoms with van der Waals surface area (Å²) in [6.45, 7) is 3.89. The molecule has 0 spiro atoms. The van der Waals surface area contributed by atoms with Crippen molar-refractivity contribution in [2.45, 2.75) is 45.1 Å². The fourth-order valence-electron chi connectivity index (χ4n) is 2.64. The Morgan fingerprint density at radius 1 is 1.45 bits per heavy atom. The molecule has 3 N–H and O–H groups in total. The third-order valence-electron chi connectivity index (χ3n) is 3.73. The lowest BCUT2D eigenvalue weighted by atomic mass is 9.74. The quantitative estimate of drug-likeness (QED) is 0.880. The SMILES string of the molecule is Cc1cc(NC(=O)C2CCCCC2(C)N)ccn1.Cl.Cl. The molecule has 2 rings (SSSR count). The van der Waals surface area contributed by atoms with Gasteiger partial charge in [-0.25, -0.2) is 0 Å². The summed E-state index contributed by atoms with van der Waals surface area (Å²) in [6, 6.07) is 3.68. The third kappa shape index (κ3) is 4.62. The highest BCUT2D eigenvalue weighted by Crippen LogP contribution is 2.32. The lowest BCUT2D eigenvalue weighted by Crippen LogP contribution is -2.51. The Hall–Kier alpha value is -0.840. The summed E-state index contributed by atoms with van der Waals surface area (Å²) < 4.78 is 0. The Kier molecular flexibility index (Phi) is 7.49. The number of amides is 1. The van der Waals surface area contributed by atoms with Crippen LogP contribution in [0.25, 0.3) is 0 Å². The van der Waals surface area contributed by atoms with Crippen molar-refractivity contribution in [3.63, 3.8) is 0 Å². The summed E-state index contributed by atoms with van der Waals surface area (Å²) in [5.74, 6) is -0.0648. The van der Waals surface area contributed by atoms with Crippen molar-refractivity contribution >= 4 is 36.4 Å². The minimum absolute atomic E-state index is 0. The van der Waals surface area contributed by atoms with E-state index < -0.39 is 0 Å². The van der Waals surface area contributed by atoms with Gasteiger partial charge in [0.15, 0.2) is 0 Å². The van der Waals surface area contributed by atoms with Crippen LogP contribution in [0.5, 0.6) is 0 Å². The summed E-state index contributed by atoms with van der Waals surface area (Å²) in [4.78, 5) is 16.4. The monoisotopic (exact) mass is 319 g/mol. The Morgan fingerprint density at radius 3 is 2.75 bits per heavy atom. The molecule has 1 saturated carbocycles. The van der Waals surface area contributed by atoms with Gasteiger partial charge in [-0.05, 0) is 38.8 Å². The summed E-state index contributed by atoms with van der Waals surface area (Å²) in [5, 5.41) is 2.95. The van der Waals surface area contributed by atoms with Crippen LogP contribution in [-0.4, -0.2) is 16.4 Å². The number of pyridine rings is 1. The molecule has 0 saturated heterocycles. The van der Waals surface area contributed by atoms with Gasteiger partial charge in [0.25, 0.3) is 0 Å². The predicted molar refractivity (Wildman–Crippen MR) is 86.7 cm³/mol. The molecule has 0 bridgehead atoms. The van der Waals surface area contributed by atoms with Crippen molar-refractivity contribution in [3.8, 4) is 0 Å². The zero-order valence-corrected chi connectivity index (χ0v) is 13.5. The second-order valence-corrected chi connectivity index (χ2v) is 5.48. The first kappa shape index (κ1) is 19.2. The van der Waals surface area contributed by atoms with Gasteiger partial charge in [-0.1, -0.05) is 12.8 Å². The van der Waals surface area contributed by atoms with Crippen LogP contribution in [0.1, 0.15) is 38.3 Å². The molecule has 20 heavy (non-hydrogen) atoms. The Labute approximate surface area is 132 Å². The molecule has 0 aromatic carbocycles. The summed E-state index contributed by atoms with van der Waals surface area (Å²) in [5.41, 5.74) is 7.54. The topological polar surface area (TPSA) is 68.0 Å². The van der Waals surface area contributed by atoms with Gasteiger partial charge in [0.2, 0.25) is 5.91 Å². The summed E-state index contributed by atoms with van der Waals surface area (Å²) >= 11 is 0. The first-order valence-corrected chi connectivity index (χ1v) is 6.51. The highest BCUT2D eigenvalue weighted by Gasteiger charge is 2.37. The Morgan fingerprint density at radius 2 is 2.15 bits per heavy atom. The van der Waals surface area contributed by atoms with E-state index in [1.54, 1.807) is 6.20 Å². The van der Waals surface area contributed by atoms with Crippen LogP contribution in [0.4, 0.5) is 5.69 Å². The van der Waals surface area contributed by atoms with Crippen LogP contribution < -0.4 is 11.1 Å². The van der Waals surface area contributed by atoms with Crippen molar-refractivity contribution in [1.82, 2.24) is 4.98 Å². The minimum Gasteiger partial charge on any atom is -0.326 e. The molecule has 1 heterocycles. The van der Waals surface area contributed by atoms with Crippen molar-refractivity contribution in [2.24, 2.45) is 11.7 Å². The molecule has 0 radical (unpaired) electrons. The van der Waals surface area contributed by atoms with Crippen LogP contribution >= 0.6 is 24.8 Å². The molecule has 2 unspecified atom stereocenters. The molecule has 0 aliphatic heterocycles. The fraction of sp³-hybridized carbons (Fsp3) is 0.571. The van der Waals surface area contributed by atoms with Gasteiger partial charge in [-0.3, -0.25) is 9.78 Å². The summed E-state index contributed by atoms with van der Waals surface area (Å²) in [6.07, 6.45) is 5.70. The zero-order valence-electron chi connectivity index (χ0n) is 11.9. The van der Waals surface area contributed by atoms with Crippen LogP contribution in [0, 0.1) is 12.8 Å². The van der Waals surface area contributed by atoms with Gasteiger partial charge < -0.3 is 11.1 Å². The summed E-state index contributed by atoms with van der Waals surface area (Å²) in [7, 11) is 0. The van der Waals surface area contributed by atoms with E-state index in [2.05, 4.69) is 10.3 Å². The van der Waals surface area contributed by atoms with E-state index in [9.17, 15) is 4.79 Å². The van der Waals surface area contributed by atoms with E-state index in [4.69, 9.17) is 5.73 Å². The molecule has 6 heteroatoms. The number of nitrogens with zero attached hydrogens (tertiary/aromatic N) is 1. The van der Waals surface area contributed by atoms with Gasteiger partial charge in [0.05, 0.1) is 5.92 Å². The zero-order chi connectivity index (χ0) is 13.2. The van der Waals surface area contributed by atoms with Gasteiger partial charge in [0, 0.05) is 23.1 Å². The van der Waals surface area contributed by atoms with Gasteiger partial charge >= 0.3 is 0 Å². The van der Waals surface area contributed by atoms with Gasteiger partial charge in [-0.15, -0.1) is 24.8 Å². The smallest absolute Gasteiger partial charge is 0.229 e. The van der Waals surface area contributed by atoms with Crippen molar-refractivity contribution in [1.29, 1.82) is 0 Å². The van der Waals surface area contributed by atoms with E-state index in [1.807, 2.05) is 26.0 Å². The standard InChI is InChI=1S/C14H21N3O.2ClH/c1-10-9-11(6-8-16-10)17-13(18)12-5-3-4-7-14(12,2)15;;/h6,8-9,12H,3-5,7,15H2,1-2H3,(H,16,17,18);2*1H. The van der Waals surface area contributed by atoms with E-state index in [0.717, 1.165) is 37.1 Å². The number of halogens is 2. The normalized spacial score (nSPS) is 25.1. The lowest BCUT2D eigenvalue weighted by molar-refractivity contribution is -0.122.